The summed E-state index contributed by atoms with van der Waals surface area (Å²) in [6.45, 7) is 5.97. The summed E-state index contributed by atoms with van der Waals surface area (Å²) in [6.07, 6.45) is 0.606. The fraction of sp³-hybridized carbons (Fsp3) is 0.583. The van der Waals surface area contributed by atoms with Gasteiger partial charge in [0.05, 0.1) is 10.8 Å². The number of ether oxygens (including phenoxy) is 1. The predicted molar refractivity (Wildman–Crippen MR) is 73.5 cm³/mol. The average Bonchev–Trinajstić information content (AvgIpc) is 2.69. The Balaban J connectivity index is 2.49. The van der Waals surface area contributed by atoms with Crippen molar-refractivity contribution in [2.24, 2.45) is 5.73 Å². The summed E-state index contributed by atoms with van der Waals surface area (Å²) in [5, 5.41) is 2.33. The fourth-order valence-corrected chi connectivity index (χ4v) is 3.86. The molecule has 0 saturated carbocycles. The van der Waals surface area contributed by atoms with E-state index in [1.165, 1.54) is 4.21 Å². The van der Waals surface area contributed by atoms with Gasteiger partial charge in [-0.2, -0.15) is 0 Å². The molecule has 2 atom stereocenters. The van der Waals surface area contributed by atoms with Crippen LogP contribution in [0.15, 0.2) is 21.7 Å². The van der Waals surface area contributed by atoms with Crippen LogP contribution in [0.1, 0.15) is 27.2 Å². The summed E-state index contributed by atoms with van der Waals surface area (Å²) in [5.41, 5.74) is 5.09. The van der Waals surface area contributed by atoms with Gasteiger partial charge in [0, 0.05) is 5.25 Å². The standard InChI is InChI=1S/C12H19NO2S2/c1-4-15-11(14)12(3,13)8-9(2)17-10-6-5-7-16-10/h5-7,9H,4,8,13H2,1-3H3. The Morgan fingerprint density at radius 2 is 2.41 bits per heavy atom. The first-order valence-corrected chi connectivity index (χ1v) is 7.38. The third kappa shape index (κ3) is 4.69. The minimum Gasteiger partial charge on any atom is -0.465 e. The van der Waals surface area contributed by atoms with Gasteiger partial charge in [-0.1, -0.05) is 13.0 Å². The maximum Gasteiger partial charge on any atom is 0.325 e. The molecule has 0 aliphatic heterocycles. The van der Waals surface area contributed by atoms with Crippen molar-refractivity contribution in [3.05, 3.63) is 17.5 Å². The van der Waals surface area contributed by atoms with Gasteiger partial charge in [-0.25, -0.2) is 0 Å². The molecule has 2 unspecified atom stereocenters. The highest BCUT2D eigenvalue weighted by molar-refractivity contribution is 8.01. The van der Waals surface area contributed by atoms with Crippen LogP contribution in [-0.2, 0) is 9.53 Å². The van der Waals surface area contributed by atoms with Crippen molar-refractivity contribution in [1.29, 1.82) is 0 Å². The smallest absolute Gasteiger partial charge is 0.325 e. The van der Waals surface area contributed by atoms with Crippen LogP contribution in [0, 0.1) is 0 Å². The second-order valence-corrected chi connectivity index (χ2v) is 6.89. The molecule has 5 heteroatoms. The molecule has 1 aromatic heterocycles. The van der Waals surface area contributed by atoms with Crippen molar-refractivity contribution in [3.63, 3.8) is 0 Å². The van der Waals surface area contributed by atoms with Gasteiger partial charge >= 0.3 is 5.97 Å². The fourth-order valence-electron chi connectivity index (χ4n) is 1.55. The zero-order valence-electron chi connectivity index (χ0n) is 10.4. The Hall–Kier alpha value is -0.520. The molecule has 3 nitrogen and oxygen atoms in total. The highest BCUT2D eigenvalue weighted by Crippen LogP contribution is 2.31. The van der Waals surface area contributed by atoms with Crippen molar-refractivity contribution in [2.75, 3.05) is 6.61 Å². The maximum atomic E-state index is 11.6. The number of thiophene rings is 1. The van der Waals surface area contributed by atoms with Gasteiger partial charge in [-0.05, 0) is 31.7 Å². The lowest BCUT2D eigenvalue weighted by Crippen LogP contribution is -2.47. The van der Waals surface area contributed by atoms with Crippen LogP contribution in [0.4, 0.5) is 0 Å². The van der Waals surface area contributed by atoms with E-state index in [9.17, 15) is 4.79 Å². The molecule has 1 aromatic rings. The molecular weight excluding hydrogens is 254 g/mol. The molecule has 96 valence electrons. The topological polar surface area (TPSA) is 52.3 Å². The van der Waals surface area contributed by atoms with Crippen molar-refractivity contribution in [3.8, 4) is 0 Å². The molecule has 0 bridgehead atoms. The summed E-state index contributed by atoms with van der Waals surface area (Å²) >= 11 is 3.45. The van der Waals surface area contributed by atoms with Crippen LogP contribution >= 0.6 is 23.1 Å². The van der Waals surface area contributed by atoms with Crippen molar-refractivity contribution >= 4 is 29.1 Å². The lowest BCUT2D eigenvalue weighted by atomic mass is 9.98. The number of esters is 1. The monoisotopic (exact) mass is 273 g/mol. The molecule has 0 aliphatic carbocycles. The SMILES string of the molecule is CCOC(=O)C(C)(N)CC(C)Sc1cccs1. The lowest BCUT2D eigenvalue weighted by Gasteiger charge is -2.25. The predicted octanol–water partition coefficient (Wildman–Crippen LogP) is 2.90. The van der Waals surface area contributed by atoms with Gasteiger partial charge < -0.3 is 10.5 Å². The number of nitrogens with two attached hydrogens (primary N) is 1. The number of rotatable bonds is 6. The molecule has 1 heterocycles. The van der Waals surface area contributed by atoms with E-state index in [1.807, 2.05) is 11.4 Å². The first-order valence-electron chi connectivity index (χ1n) is 5.62. The lowest BCUT2D eigenvalue weighted by molar-refractivity contribution is -0.149. The second kappa shape index (κ2) is 6.42. The van der Waals surface area contributed by atoms with Gasteiger partial charge in [0.15, 0.2) is 0 Å². The van der Waals surface area contributed by atoms with Crippen molar-refractivity contribution in [1.82, 2.24) is 0 Å². The van der Waals surface area contributed by atoms with E-state index in [2.05, 4.69) is 13.0 Å². The molecule has 0 aliphatic rings. The quantitative estimate of drug-likeness (QED) is 0.639. The maximum absolute atomic E-state index is 11.6. The zero-order chi connectivity index (χ0) is 12.9. The first-order chi connectivity index (χ1) is 7.95. The number of thioether (sulfide) groups is 1. The Bertz CT molecular complexity index is 349. The number of hydrogen-bond donors (Lipinski definition) is 1. The highest BCUT2D eigenvalue weighted by Gasteiger charge is 2.32. The Kier molecular flexibility index (Phi) is 5.49. The van der Waals surface area contributed by atoms with Gasteiger partial charge in [-0.15, -0.1) is 23.1 Å². The summed E-state index contributed by atoms with van der Waals surface area (Å²) in [5.74, 6) is -0.321. The van der Waals surface area contributed by atoms with Crippen LogP contribution in [0.3, 0.4) is 0 Å². The second-order valence-electron chi connectivity index (χ2n) is 4.20. The molecule has 0 spiro atoms. The van der Waals surface area contributed by atoms with Gasteiger partial charge in [0.1, 0.15) is 5.54 Å². The summed E-state index contributed by atoms with van der Waals surface area (Å²) in [6, 6.07) is 4.09. The number of carbonyl (C=O) groups is 1. The molecule has 1 rings (SSSR count). The molecule has 0 amide bonds. The number of hydrogen-bond acceptors (Lipinski definition) is 5. The molecule has 2 N–H and O–H groups in total. The normalized spacial score (nSPS) is 16.2. The third-order valence-electron chi connectivity index (χ3n) is 2.27. The minimum absolute atomic E-state index is 0.285. The first kappa shape index (κ1) is 14.5. The van der Waals surface area contributed by atoms with E-state index in [0.717, 1.165) is 0 Å². The summed E-state index contributed by atoms with van der Waals surface area (Å²) < 4.78 is 6.22. The largest absolute Gasteiger partial charge is 0.465 e. The van der Waals surface area contributed by atoms with E-state index >= 15 is 0 Å². The molecular formula is C12H19NO2S2. The Morgan fingerprint density at radius 3 is 2.94 bits per heavy atom. The van der Waals surface area contributed by atoms with E-state index in [1.54, 1.807) is 36.9 Å². The third-order valence-corrected chi connectivity index (χ3v) is 4.44. The number of carbonyl (C=O) groups excluding carboxylic acids is 1. The summed E-state index contributed by atoms with van der Waals surface area (Å²) in [4.78, 5) is 11.6. The van der Waals surface area contributed by atoms with Gasteiger partial charge in [-0.3, -0.25) is 4.79 Å². The van der Waals surface area contributed by atoms with Gasteiger partial charge in [0.25, 0.3) is 0 Å². The van der Waals surface area contributed by atoms with Crippen LogP contribution in [0.2, 0.25) is 0 Å². The van der Waals surface area contributed by atoms with E-state index in [-0.39, 0.29) is 11.2 Å². The Labute approximate surface area is 111 Å². The van der Waals surface area contributed by atoms with E-state index < -0.39 is 5.54 Å². The van der Waals surface area contributed by atoms with Crippen LogP contribution < -0.4 is 5.73 Å². The van der Waals surface area contributed by atoms with Crippen LogP contribution in [-0.4, -0.2) is 23.4 Å². The summed E-state index contributed by atoms with van der Waals surface area (Å²) in [7, 11) is 0. The van der Waals surface area contributed by atoms with Crippen molar-refractivity contribution < 1.29 is 9.53 Å². The Morgan fingerprint density at radius 1 is 1.71 bits per heavy atom. The molecule has 0 saturated heterocycles. The molecule has 0 fully saturated rings. The van der Waals surface area contributed by atoms with Gasteiger partial charge in [0.2, 0.25) is 0 Å². The average molecular weight is 273 g/mol. The minimum atomic E-state index is -0.903. The molecule has 0 aromatic carbocycles. The van der Waals surface area contributed by atoms with E-state index in [4.69, 9.17) is 10.5 Å². The molecule has 17 heavy (non-hydrogen) atoms. The zero-order valence-corrected chi connectivity index (χ0v) is 12.1. The highest BCUT2D eigenvalue weighted by atomic mass is 32.2. The molecule has 0 radical (unpaired) electrons. The van der Waals surface area contributed by atoms with Crippen LogP contribution in [0.5, 0.6) is 0 Å². The van der Waals surface area contributed by atoms with E-state index in [0.29, 0.717) is 13.0 Å². The van der Waals surface area contributed by atoms with Crippen LogP contribution in [0.25, 0.3) is 0 Å². The van der Waals surface area contributed by atoms with Crippen molar-refractivity contribution in [2.45, 2.75) is 42.2 Å².